The number of carbonyl (C=O) groups excluding carboxylic acids is 2. The van der Waals surface area contributed by atoms with E-state index in [0.717, 1.165) is 62.1 Å². The molecule has 1 aromatic heterocycles. The number of rotatable bonds is 9. The number of carboxylic acids is 1. The number of aryl methyl sites for hydroxylation is 1. The summed E-state index contributed by atoms with van der Waals surface area (Å²) in [6.45, 7) is 3.84. The number of likely N-dealkylation sites (tertiary alicyclic amines) is 1. The Morgan fingerprint density at radius 1 is 1.07 bits per heavy atom. The summed E-state index contributed by atoms with van der Waals surface area (Å²) in [4.78, 5) is 29.8. The molecule has 1 fully saturated rings. The number of nitrogens with zero attached hydrogens (tertiary/aromatic N) is 3. The number of amides is 1. The van der Waals surface area contributed by atoms with E-state index in [1.165, 1.54) is 11.1 Å². The summed E-state index contributed by atoms with van der Waals surface area (Å²) < 4.78 is 37.7. The largest absolute Gasteiger partial charge is 0.542 e. The number of piperidine rings is 1. The molecule has 2 atom stereocenters. The number of halogens is 4. The van der Waals surface area contributed by atoms with Gasteiger partial charge in [-0.15, -0.1) is 0 Å². The van der Waals surface area contributed by atoms with Crippen LogP contribution in [0.15, 0.2) is 54.6 Å². The topological polar surface area (TPSA) is 156 Å². The Labute approximate surface area is 252 Å². The quantitative estimate of drug-likeness (QED) is 0.307. The molecule has 14 heteroatoms. The van der Waals surface area contributed by atoms with Crippen LogP contribution >= 0.6 is 11.6 Å². The van der Waals surface area contributed by atoms with Gasteiger partial charge in [0.1, 0.15) is 18.3 Å². The molecular formula is C29H34ClF3N6O4. The first-order valence-corrected chi connectivity index (χ1v) is 13.9. The van der Waals surface area contributed by atoms with Crippen molar-refractivity contribution >= 4 is 35.1 Å². The van der Waals surface area contributed by atoms with Gasteiger partial charge in [-0.25, -0.2) is 9.97 Å². The number of nitrogen functional groups attached to an aromatic ring is 2. The van der Waals surface area contributed by atoms with Crippen molar-refractivity contribution in [1.82, 2.24) is 15.3 Å². The molecule has 1 amide bonds. The van der Waals surface area contributed by atoms with Crippen LogP contribution < -0.4 is 26.6 Å². The van der Waals surface area contributed by atoms with Gasteiger partial charge in [-0.3, -0.25) is 4.79 Å². The number of carboxylic acid groups (broad SMARTS) is 1. The van der Waals surface area contributed by atoms with Crippen molar-refractivity contribution in [2.24, 2.45) is 0 Å². The summed E-state index contributed by atoms with van der Waals surface area (Å²) in [5.41, 5.74) is 14.2. The molecule has 0 spiro atoms. The van der Waals surface area contributed by atoms with Crippen molar-refractivity contribution in [2.45, 2.75) is 44.4 Å². The Balaban J connectivity index is 0.000000646. The SMILES string of the molecule is COc1ccc(CCC[N+]2(Cc3ccccc3)CCCC(NC(=O)c3nc(Cl)c(N)nc3N)C2)cc1.O=C([O-])C(F)(F)F. The zero-order chi connectivity index (χ0) is 31.6. The minimum Gasteiger partial charge on any atom is -0.542 e. The van der Waals surface area contributed by atoms with Crippen molar-refractivity contribution in [3.05, 3.63) is 76.6 Å². The number of aromatic nitrogens is 2. The molecule has 232 valence electrons. The number of alkyl halides is 3. The lowest BCUT2D eigenvalue weighted by molar-refractivity contribution is -0.946. The van der Waals surface area contributed by atoms with Gasteiger partial charge in [0.25, 0.3) is 5.91 Å². The normalized spacial score (nSPS) is 18.2. The summed E-state index contributed by atoms with van der Waals surface area (Å²) in [5, 5.41) is 11.9. The van der Waals surface area contributed by atoms with Crippen LogP contribution in [-0.2, 0) is 17.8 Å². The highest BCUT2D eigenvalue weighted by atomic mass is 35.5. The van der Waals surface area contributed by atoms with Gasteiger partial charge < -0.3 is 35.9 Å². The van der Waals surface area contributed by atoms with Crippen molar-refractivity contribution in [3.8, 4) is 5.75 Å². The summed E-state index contributed by atoms with van der Waals surface area (Å²) in [5.74, 6) is -2.51. The Kier molecular flexibility index (Phi) is 11.6. The maximum atomic E-state index is 13.0. The van der Waals surface area contributed by atoms with Crippen molar-refractivity contribution < 1.29 is 37.1 Å². The minimum atomic E-state index is -5.19. The molecule has 0 aliphatic carbocycles. The molecule has 2 aromatic carbocycles. The van der Waals surface area contributed by atoms with Crippen LogP contribution in [0.3, 0.4) is 0 Å². The van der Waals surface area contributed by atoms with Gasteiger partial charge >= 0.3 is 6.18 Å². The number of aliphatic carboxylic acids is 1. The number of methoxy groups -OCH3 is 1. The van der Waals surface area contributed by atoms with E-state index in [9.17, 15) is 18.0 Å². The predicted octanol–water partition coefficient (Wildman–Crippen LogP) is 3.14. The number of hydrogen-bond donors (Lipinski definition) is 3. The summed E-state index contributed by atoms with van der Waals surface area (Å²) >= 11 is 5.99. The van der Waals surface area contributed by atoms with Gasteiger partial charge in [-0.05, 0) is 37.0 Å². The molecule has 43 heavy (non-hydrogen) atoms. The zero-order valence-corrected chi connectivity index (χ0v) is 24.3. The number of anilines is 2. The lowest BCUT2D eigenvalue weighted by Crippen LogP contribution is -2.59. The molecule has 10 nitrogen and oxygen atoms in total. The van der Waals surface area contributed by atoms with Gasteiger partial charge in [-0.2, -0.15) is 13.2 Å². The fraction of sp³-hybridized carbons (Fsp3) is 0.379. The predicted molar refractivity (Wildman–Crippen MR) is 154 cm³/mol. The standard InChI is InChI=1S/C27H33ClN6O2.C2HF3O2/c1-36-22-13-11-19(12-14-22)9-5-15-34(17-20-7-3-2-4-8-20)16-6-10-21(18-34)31-27(35)23-25(29)33-26(30)24(28)32-23;3-2(4,5)1(6)7/h2-4,7-8,11-14,21H,5-6,9-10,15-18H2,1H3,(H4-,29,30,31,33,35);(H,6,7). The van der Waals surface area contributed by atoms with Crippen LogP contribution in [0.1, 0.15) is 40.9 Å². The van der Waals surface area contributed by atoms with Crippen molar-refractivity contribution in [3.63, 3.8) is 0 Å². The summed E-state index contributed by atoms with van der Waals surface area (Å²) in [6, 6.07) is 18.8. The maximum Gasteiger partial charge on any atom is 0.430 e. The molecule has 1 saturated heterocycles. The van der Waals surface area contributed by atoms with Crippen LogP contribution in [0.25, 0.3) is 0 Å². The van der Waals surface area contributed by atoms with Crippen LogP contribution in [0.4, 0.5) is 24.8 Å². The third-order valence-corrected chi connectivity index (χ3v) is 7.38. The van der Waals surface area contributed by atoms with E-state index in [4.69, 9.17) is 37.7 Å². The first-order valence-electron chi connectivity index (χ1n) is 13.5. The minimum absolute atomic E-state index is 0.00604. The zero-order valence-electron chi connectivity index (χ0n) is 23.6. The van der Waals surface area contributed by atoms with Gasteiger partial charge in [0.15, 0.2) is 22.5 Å². The fourth-order valence-corrected chi connectivity index (χ4v) is 5.24. The third kappa shape index (κ3) is 10.00. The second kappa shape index (κ2) is 14.9. The average molecular weight is 623 g/mol. The van der Waals surface area contributed by atoms with Crippen LogP contribution in [0.5, 0.6) is 5.75 Å². The van der Waals surface area contributed by atoms with E-state index in [2.05, 4.69) is 51.7 Å². The lowest BCUT2D eigenvalue weighted by Gasteiger charge is -2.45. The van der Waals surface area contributed by atoms with E-state index >= 15 is 0 Å². The monoisotopic (exact) mass is 622 g/mol. The van der Waals surface area contributed by atoms with Crippen LogP contribution in [0.2, 0.25) is 5.15 Å². The summed E-state index contributed by atoms with van der Waals surface area (Å²) in [7, 11) is 1.68. The van der Waals surface area contributed by atoms with E-state index < -0.39 is 12.1 Å². The van der Waals surface area contributed by atoms with E-state index in [0.29, 0.717) is 0 Å². The number of nitrogens with one attached hydrogen (secondary N) is 1. The number of quaternary nitrogens is 1. The first-order chi connectivity index (χ1) is 20.3. The van der Waals surface area contributed by atoms with Crippen LogP contribution in [0, 0.1) is 0 Å². The van der Waals surface area contributed by atoms with E-state index in [-0.39, 0.29) is 34.4 Å². The summed E-state index contributed by atoms with van der Waals surface area (Å²) in [6.07, 6.45) is -1.24. The molecule has 2 heterocycles. The van der Waals surface area contributed by atoms with E-state index in [1.807, 2.05) is 18.2 Å². The Morgan fingerprint density at radius 3 is 2.33 bits per heavy atom. The molecule has 4 rings (SSSR count). The molecule has 5 N–H and O–H groups in total. The Bertz CT molecular complexity index is 1380. The highest BCUT2D eigenvalue weighted by Gasteiger charge is 2.36. The maximum absolute atomic E-state index is 13.0. The first kappa shape index (κ1) is 33.4. The highest BCUT2D eigenvalue weighted by molar-refractivity contribution is 6.31. The number of nitrogens with two attached hydrogens (primary N) is 2. The second-order valence-corrected chi connectivity index (χ2v) is 10.7. The molecule has 1 aliphatic rings. The third-order valence-electron chi connectivity index (χ3n) is 7.10. The fourth-order valence-electron chi connectivity index (χ4n) is 5.11. The molecular weight excluding hydrogens is 589 g/mol. The van der Waals surface area contributed by atoms with Crippen molar-refractivity contribution in [2.75, 3.05) is 38.2 Å². The van der Waals surface area contributed by atoms with E-state index in [1.54, 1.807) is 7.11 Å². The lowest BCUT2D eigenvalue weighted by atomic mass is 9.99. The smallest absolute Gasteiger partial charge is 0.430 e. The Morgan fingerprint density at radius 2 is 1.72 bits per heavy atom. The number of hydrogen-bond acceptors (Lipinski definition) is 8. The highest BCUT2D eigenvalue weighted by Crippen LogP contribution is 2.26. The van der Waals surface area contributed by atoms with Gasteiger partial charge in [0.05, 0.1) is 32.8 Å². The number of carbonyl (C=O) groups is 2. The number of ether oxygens (including phenoxy) is 1. The van der Waals surface area contributed by atoms with Crippen molar-refractivity contribution in [1.29, 1.82) is 0 Å². The molecule has 1 aliphatic heterocycles. The molecule has 2 unspecified atom stereocenters. The number of benzene rings is 2. The van der Waals surface area contributed by atoms with Crippen LogP contribution in [-0.4, -0.2) is 65.3 Å². The van der Waals surface area contributed by atoms with Gasteiger partial charge in [-0.1, -0.05) is 54.1 Å². The average Bonchev–Trinajstić information content (AvgIpc) is 2.96. The van der Waals surface area contributed by atoms with Gasteiger partial charge in [0, 0.05) is 12.0 Å². The second-order valence-electron chi connectivity index (χ2n) is 10.3. The molecule has 0 radical (unpaired) electrons. The Hall–Kier alpha value is -4.10. The van der Waals surface area contributed by atoms with Gasteiger partial charge in [0.2, 0.25) is 0 Å². The molecule has 3 aromatic rings. The molecule has 0 bridgehead atoms. The molecule has 0 saturated carbocycles.